The molecule has 1 aromatic carbocycles. The van der Waals surface area contributed by atoms with Crippen LogP contribution in [0.15, 0.2) is 36.5 Å². The van der Waals surface area contributed by atoms with E-state index in [1.807, 2.05) is 0 Å². The summed E-state index contributed by atoms with van der Waals surface area (Å²) >= 11 is 11.6. The Morgan fingerprint density at radius 2 is 1.96 bits per heavy atom. The maximum absolute atomic E-state index is 12.8. The maximum Gasteiger partial charge on any atom is 0.306 e. The Bertz CT molecular complexity index is 769. The molecule has 0 unspecified atom stereocenters. The standard InChI is InChI=1S/C17H15Cl2FN2O3/c1-10(17(24)22-16-14(19)8-12(18)9-21-16)25-15(23)7-4-11-2-5-13(20)6-3-11/h2-3,5-6,8-10H,4,7H2,1H3,(H,21,22,24)/t10-/m1/s1. The molecule has 2 aromatic rings. The van der Waals surface area contributed by atoms with Crippen LogP contribution in [-0.4, -0.2) is 23.0 Å². The van der Waals surface area contributed by atoms with Crippen molar-refractivity contribution in [3.8, 4) is 0 Å². The molecule has 0 radical (unpaired) electrons. The minimum atomic E-state index is -1.02. The lowest BCUT2D eigenvalue weighted by molar-refractivity contribution is -0.153. The molecule has 2 rings (SSSR count). The zero-order valence-corrected chi connectivity index (χ0v) is 14.8. The summed E-state index contributed by atoms with van der Waals surface area (Å²) in [6.45, 7) is 1.44. The highest BCUT2D eigenvalue weighted by Gasteiger charge is 2.19. The molecule has 25 heavy (non-hydrogen) atoms. The number of ether oxygens (including phenoxy) is 1. The molecule has 0 spiro atoms. The van der Waals surface area contributed by atoms with Crippen LogP contribution in [0.4, 0.5) is 10.2 Å². The Morgan fingerprint density at radius 1 is 1.28 bits per heavy atom. The van der Waals surface area contributed by atoms with E-state index < -0.39 is 18.0 Å². The average Bonchev–Trinajstić information content (AvgIpc) is 2.56. The molecule has 0 bridgehead atoms. The normalized spacial score (nSPS) is 11.7. The first-order chi connectivity index (χ1) is 11.8. The molecule has 0 aliphatic heterocycles. The summed E-state index contributed by atoms with van der Waals surface area (Å²) < 4.78 is 17.9. The van der Waals surface area contributed by atoms with E-state index in [0.717, 1.165) is 5.56 Å². The minimum absolute atomic E-state index is 0.0726. The smallest absolute Gasteiger partial charge is 0.306 e. The monoisotopic (exact) mass is 384 g/mol. The number of pyridine rings is 1. The van der Waals surface area contributed by atoms with Gasteiger partial charge in [0.05, 0.1) is 10.0 Å². The first-order valence-corrected chi connectivity index (χ1v) is 8.16. The van der Waals surface area contributed by atoms with Crippen LogP contribution in [0.2, 0.25) is 10.0 Å². The number of aromatic nitrogens is 1. The number of halogens is 3. The Hall–Kier alpha value is -2.18. The minimum Gasteiger partial charge on any atom is -0.453 e. The number of rotatable bonds is 6. The molecular formula is C17H15Cl2FN2O3. The largest absolute Gasteiger partial charge is 0.453 e. The molecular weight excluding hydrogens is 370 g/mol. The SMILES string of the molecule is C[C@@H](OC(=O)CCc1ccc(F)cc1)C(=O)Nc1ncc(Cl)cc1Cl. The highest BCUT2D eigenvalue weighted by atomic mass is 35.5. The number of anilines is 1. The predicted molar refractivity (Wildman–Crippen MR) is 93.2 cm³/mol. The molecule has 1 atom stereocenters. The second-order valence-electron chi connectivity index (χ2n) is 5.23. The highest BCUT2D eigenvalue weighted by Crippen LogP contribution is 2.22. The first-order valence-electron chi connectivity index (χ1n) is 7.41. The van der Waals surface area contributed by atoms with E-state index in [2.05, 4.69) is 10.3 Å². The van der Waals surface area contributed by atoms with Gasteiger partial charge >= 0.3 is 5.97 Å². The van der Waals surface area contributed by atoms with E-state index in [9.17, 15) is 14.0 Å². The number of carbonyl (C=O) groups is 2. The van der Waals surface area contributed by atoms with Gasteiger partial charge < -0.3 is 10.1 Å². The number of nitrogens with one attached hydrogen (secondary N) is 1. The summed E-state index contributed by atoms with van der Waals surface area (Å²) in [7, 11) is 0. The number of benzene rings is 1. The first kappa shape index (κ1) is 19.1. The Morgan fingerprint density at radius 3 is 2.60 bits per heavy atom. The van der Waals surface area contributed by atoms with Crippen LogP contribution in [0.1, 0.15) is 18.9 Å². The van der Waals surface area contributed by atoms with Crippen molar-refractivity contribution in [2.45, 2.75) is 25.9 Å². The van der Waals surface area contributed by atoms with Crippen LogP contribution < -0.4 is 5.32 Å². The number of amides is 1. The lowest BCUT2D eigenvalue weighted by atomic mass is 10.1. The Labute approximate surface area is 154 Å². The molecule has 1 aromatic heterocycles. The van der Waals surface area contributed by atoms with Crippen molar-refractivity contribution in [2.75, 3.05) is 5.32 Å². The van der Waals surface area contributed by atoms with Crippen molar-refractivity contribution in [2.24, 2.45) is 0 Å². The fourth-order valence-corrected chi connectivity index (χ4v) is 2.36. The number of hydrogen-bond acceptors (Lipinski definition) is 4. The fourth-order valence-electron chi connectivity index (χ4n) is 1.93. The van der Waals surface area contributed by atoms with Gasteiger partial charge in [-0.15, -0.1) is 0 Å². The van der Waals surface area contributed by atoms with Gasteiger partial charge in [0, 0.05) is 12.6 Å². The van der Waals surface area contributed by atoms with Crippen molar-refractivity contribution in [1.82, 2.24) is 4.98 Å². The number of hydrogen-bond donors (Lipinski definition) is 1. The Kier molecular flexibility index (Phi) is 6.73. The number of aryl methyl sites for hydroxylation is 1. The van der Waals surface area contributed by atoms with Gasteiger partial charge in [0.1, 0.15) is 5.82 Å². The fraction of sp³-hybridized carbons (Fsp3) is 0.235. The zero-order valence-electron chi connectivity index (χ0n) is 13.3. The van der Waals surface area contributed by atoms with Crippen molar-refractivity contribution in [1.29, 1.82) is 0 Å². The van der Waals surface area contributed by atoms with E-state index in [4.69, 9.17) is 27.9 Å². The molecule has 0 aliphatic rings. The molecule has 0 fully saturated rings. The lowest BCUT2D eigenvalue weighted by Gasteiger charge is -2.13. The molecule has 1 heterocycles. The summed E-state index contributed by atoms with van der Waals surface area (Å²) in [5.74, 6) is -1.31. The van der Waals surface area contributed by atoms with Gasteiger partial charge in [-0.3, -0.25) is 9.59 Å². The van der Waals surface area contributed by atoms with Crippen LogP contribution >= 0.6 is 23.2 Å². The van der Waals surface area contributed by atoms with Crippen LogP contribution in [0.25, 0.3) is 0 Å². The molecule has 8 heteroatoms. The van der Waals surface area contributed by atoms with E-state index in [1.165, 1.54) is 31.3 Å². The number of carbonyl (C=O) groups excluding carboxylic acids is 2. The lowest BCUT2D eigenvalue weighted by Crippen LogP contribution is -2.30. The van der Waals surface area contributed by atoms with E-state index in [1.54, 1.807) is 12.1 Å². The summed E-state index contributed by atoms with van der Waals surface area (Å²) in [4.78, 5) is 27.8. The maximum atomic E-state index is 12.8. The van der Waals surface area contributed by atoms with Crippen LogP contribution in [0.3, 0.4) is 0 Å². The second-order valence-corrected chi connectivity index (χ2v) is 6.08. The third-order valence-electron chi connectivity index (χ3n) is 3.26. The van der Waals surface area contributed by atoms with E-state index in [-0.39, 0.29) is 23.1 Å². The van der Waals surface area contributed by atoms with Crippen LogP contribution in [-0.2, 0) is 20.7 Å². The topological polar surface area (TPSA) is 68.3 Å². The van der Waals surface area contributed by atoms with Crippen LogP contribution in [0.5, 0.6) is 0 Å². The molecule has 1 N–H and O–H groups in total. The zero-order chi connectivity index (χ0) is 18.4. The summed E-state index contributed by atoms with van der Waals surface area (Å²) in [5.41, 5.74) is 0.799. The summed E-state index contributed by atoms with van der Waals surface area (Å²) in [6, 6.07) is 7.25. The third kappa shape index (κ3) is 5.99. The second kappa shape index (κ2) is 8.78. The third-order valence-corrected chi connectivity index (χ3v) is 3.75. The molecule has 5 nitrogen and oxygen atoms in total. The average molecular weight is 385 g/mol. The number of esters is 1. The molecule has 0 aliphatic carbocycles. The summed E-state index contributed by atoms with van der Waals surface area (Å²) in [6.07, 6.45) is 0.776. The van der Waals surface area contributed by atoms with Crippen molar-refractivity contribution >= 4 is 40.9 Å². The van der Waals surface area contributed by atoms with E-state index in [0.29, 0.717) is 11.4 Å². The molecule has 1 amide bonds. The highest BCUT2D eigenvalue weighted by molar-refractivity contribution is 6.36. The molecule has 0 saturated heterocycles. The van der Waals surface area contributed by atoms with Gasteiger partial charge in [-0.25, -0.2) is 9.37 Å². The van der Waals surface area contributed by atoms with Crippen LogP contribution in [0, 0.1) is 5.82 Å². The Balaban J connectivity index is 1.83. The van der Waals surface area contributed by atoms with Gasteiger partial charge in [-0.05, 0) is 37.1 Å². The quantitative estimate of drug-likeness (QED) is 0.763. The molecule has 132 valence electrons. The summed E-state index contributed by atoms with van der Waals surface area (Å²) in [5, 5.41) is 2.98. The molecule has 0 saturated carbocycles. The van der Waals surface area contributed by atoms with Crippen molar-refractivity contribution in [3.63, 3.8) is 0 Å². The van der Waals surface area contributed by atoms with E-state index >= 15 is 0 Å². The van der Waals surface area contributed by atoms with Gasteiger partial charge in [0.15, 0.2) is 11.9 Å². The predicted octanol–water partition coefficient (Wildman–Crippen LogP) is 4.03. The van der Waals surface area contributed by atoms with Gasteiger partial charge in [-0.1, -0.05) is 35.3 Å². The number of nitrogens with zero attached hydrogens (tertiary/aromatic N) is 1. The van der Waals surface area contributed by atoms with Gasteiger partial charge in [0.25, 0.3) is 5.91 Å². The van der Waals surface area contributed by atoms with Gasteiger partial charge in [-0.2, -0.15) is 0 Å². The van der Waals surface area contributed by atoms with Crippen molar-refractivity contribution < 1.29 is 18.7 Å². The van der Waals surface area contributed by atoms with Gasteiger partial charge in [0.2, 0.25) is 0 Å². The van der Waals surface area contributed by atoms with Crippen molar-refractivity contribution in [3.05, 3.63) is 58.0 Å².